The Kier molecular flexibility index (Phi) is 7.70. The molecule has 0 saturated heterocycles. The number of carbonyl (C=O) groups excluding carboxylic acids is 1. The second-order valence-corrected chi connectivity index (χ2v) is 4.17. The fourth-order valence-electron chi connectivity index (χ4n) is 1.01. The van der Waals surface area contributed by atoms with E-state index in [1.54, 1.807) is 6.92 Å². The summed E-state index contributed by atoms with van der Waals surface area (Å²) in [5, 5.41) is -0.892. The second kappa shape index (κ2) is 7.94. The van der Waals surface area contributed by atoms with Gasteiger partial charge >= 0.3 is 5.97 Å². The largest absolute Gasteiger partial charge is 0.465 e. The Hall–Kier alpha value is -0.420. The van der Waals surface area contributed by atoms with Gasteiger partial charge in [-0.3, -0.25) is 4.79 Å². The molecule has 0 aromatic carbocycles. The second-order valence-electron chi connectivity index (χ2n) is 3.05. The Labute approximate surface area is 87.3 Å². The molecule has 0 fully saturated rings. The van der Waals surface area contributed by atoms with Gasteiger partial charge in [-0.15, -0.1) is 0 Å². The lowest BCUT2D eigenvalue weighted by molar-refractivity contribution is -0.143. The van der Waals surface area contributed by atoms with E-state index in [2.05, 4.69) is 6.92 Å². The van der Waals surface area contributed by atoms with Crippen LogP contribution in [0.3, 0.4) is 0 Å². The van der Waals surface area contributed by atoms with Crippen LogP contribution >= 0.6 is 0 Å². The number of ether oxygens (including phenoxy) is 1. The first kappa shape index (κ1) is 13.6. The number of esters is 1. The normalized spacial score (nSPS) is 14.8. The van der Waals surface area contributed by atoms with Crippen molar-refractivity contribution in [3.05, 3.63) is 0 Å². The highest BCUT2D eigenvalue weighted by Gasteiger charge is 2.23. The van der Waals surface area contributed by atoms with Crippen molar-refractivity contribution in [1.29, 1.82) is 0 Å². The third kappa shape index (κ3) is 5.34. The molecule has 0 aliphatic heterocycles. The molecule has 0 aliphatic rings. The Morgan fingerprint density at radius 3 is 2.50 bits per heavy atom. The van der Waals surface area contributed by atoms with E-state index in [0.717, 1.165) is 19.3 Å². The van der Waals surface area contributed by atoms with Gasteiger partial charge in [-0.1, -0.05) is 26.7 Å². The van der Waals surface area contributed by atoms with Crippen LogP contribution < -0.4 is 0 Å². The van der Waals surface area contributed by atoms with Crippen molar-refractivity contribution in [3.8, 4) is 0 Å². The number of hydrogen-bond acceptors (Lipinski definition) is 3. The Morgan fingerprint density at radius 1 is 1.43 bits per heavy atom. The van der Waals surface area contributed by atoms with E-state index in [-0.39, 0.29) is 0 Å². The van der Waals surface area contributed by atoms with Gasteiger partial charge in [0.25, 0.3) is 0 Å². The average molecular weight is 222 g/mol. The number of rotatable bonds is 7. The number of hydrogen-bond donors (Lipinski definition) is 1. The molecule has 0 bridgehead atoms. The van der Waals surface area contributed by atoms with Crippen LogP contribution in [0.5, 0.6) is 0 Å². The van der Waals surface area contributed by atoms with Gasteiger partial charge in [0.15, 0.2) is 16.3 Å². The zero-order valence-corrected chi connectivity index (χ0v) is 9.51. The highest BCUT2D eigenvalue weighted by molar-refractivity contribution is 7.80. The maximum Gasteiger partial charge on any atom is 0.324 e. The zero-order chi connectivity index (χ0) is 11.0. The molecule has 0 aromatic rings. The van der Waals surface area contributed by atoms with Crippen molar-refractivity contribution in [2.75, 3.05) is 6.61 Å². The van der Waals surface area contributed by atoms with E-state index >= 15 is 0 Å². The minimum absolute atomic E-state index is 0.329. The first-order valence-corrected chi connectivity index (χ1v) is 6.06. The van der Waals surface area contributed by atoms with Crippen LogP contribution in [0.25, 0.3) is 0 Å². The van der Waals surface area contributed by atoms with Gasteiger partial charge in [0.05, 0.1) is 6.61 Å². The molecule has 5 heteroatoms. The summed E-state index contributed by atoms with van der Waals surface area (Å²) in [4.78, 5) is 11.2. The minimum Gasteiger partial charge on any atom is -0.465 e. The van der Waals surface area contributed by atoms with Gasteiger partial charge in [-0.2, -0.15) is 0 Å². The topological polar surface area (TPSA) is 63.6 Å². The average Bonchev–Trinajstić information content (AvgIpc) is 2.13. The SMILES string of the molecule is CCCCCOC(=O)C(CC)S(=O)O. The lowest BCUT2D eigenvalue weighted by atomic mass is 10.3. The van der Waals surface area contributed by atoms with Gasteiger partial charge in [0, 0.05) is 0 Å². The van der Waals surface area contributed by atoms with Crippen LogP contribution in [0.4, 0.5) is 0 Å². The van der Waals surface area contributed by atoms with E-state index in [4.69, 9.17) is 9.29 Å². The fourth-order valence-corrected chi connectivity index (χ4v) is 1.53. The quantitative estimate of drug-likeness (QED) is 0.405. The van der Waals surface area contributed by atoms with Crippen molar-refractivity contribution in [2.24, 2.45) is 0 Å². The summed E-state index contributed by atoms with van der Waals surface area (Å²) >= 11 is -2.12. The molecular weight excluding hydrogens is 204 g/mol. The molecule has 2 unspecified atom stereocenters. The standard InChI is InChI=1S/C9H18O4S/c1-3-5-6-7-13-9(10)8(4-2)14(11)12/h8H,3-7H2,1-2H3,(H,11,12). The van der Waals surface area contributed by atoms with E-state index in [1.807, 2.05) is 0 Å². The molecule has 2 atom stereocenters. The molecule has 0 amide bonds. The van der Waals surface area contributed by atoms with E-state index < -0.39 is 22.3 Å². The van der Waals surface area contributed by atoms with Crippen molar-refractivity contribution in [1.82, 2.24) is 0 Å². The molecule has 0 radical (unpaired) electrons. The van der Waals surface area contributed by atoms with Crippen molar-refractivity contribution < 1.29 is 18.3 Å². The highest BCUT2D eigenvalue weighted by Crippen LogP contribution is 2.03. The highest BCUT2D eigenvalue weighted by atomic mass is 32.2. The molecule has 0 saturated carbocycles. The van der Waals surface area contributed by atoms with Crippen LogP contribution in [0.1, 0.15) is 39.5 Å². The molecule has 4 nitrogen and oxygen atoms in total. The zero-order valence-electron chi connectivity index (χ0n) is 8.69. The Balaban J connectivity index is 3.76. The van der Waals surface area contributed by atoms with Crippen molar-refractivity contribution in [2.45, 2.75) is 44.8 Å². The van der Waals surface area contributed by atoms with E-state index in [9.17, 15) is 9.00 Å². The molecule has 1 N–H and O–H groups in total. The van der Waals surface area contributed by atoms with Crippen LogP contribution in [0.2, 0.25) is 0 Å². The van der Waals surface area contributed by atoms with Crippen LogP contribution in [-0.4, -0.2) is 26.6 Å². The molecular formula is C9H18O4S. The minimum atomic E-state index is -2.12. The molecule has 0 heterocycles. The molecule has 0 aromatic heterocycles. The predicted octanol–water partition coefficient (Wildman–Crippen LogP) is 1.72. The van der Waals surface area contributed by atoms with Gasteiger partial charge in [0.1, 0.15) is 0 Å². The molecule has 84 valence electrons. The maximum absolute atomic E-state index is 11.2. The predicted molar refractivity (Wildman–Crippen MR) is 55.3 cm³/mol. The summed E-state index contributed by atoms with van der Waals surface area (Å²) < 4.78 is 24.3. The lowest BCUT2D eigenvalue weighted by Crippen LogP contribution is -2.27. The molecule has 0 spiro atoms. The van der Waals surface area contributed by atoms with Crippen molar-refractivity contribution in [3.63, 3.8) is 0 Å². The van der Waals surface area contributed by atoms with E-state index in [1.165, 1.54) is 0 Å². The summed E-state index contributed by atoms with van der Waals surface area (Å²) in [6.07, 6.45) is 3.21. The number of carbonyl (C=O) groups is 1. The maximum atomic E-state index is 11.2. The summed E-state index contributed by atoms with van der Waals surface area (Å²) in [6, 6.07) is 0. The summed E-state index contributed by atoms with van der Waals surface area (Å²) in [6.45, 7) is 4.09. The monoisotopic (exact) mass is 222 g/mol. The Bertz CT molecular complexity index is 193. The van der Waals surface area contributed by atoms with Gasteiger partial charge < -0.3 is 9.29 Å². The van der Waals surface area contributed by atoms with Gasteiger partial charge in [-0.05, 0) is 12.8 Å². The molecule has 14 heavy (non-hydrogen) atoms. The summed E-state index contributed by atoms with van der Waals surface area (Å²) in [7, 11) is 0. The van der Waals surface area contributed by atoms with E-state index in [0.29, 0.717) is 13.0 Å². The fraction of sp³-hybridized carbons (Fsp3) is 0.889. The van der Waals surface area contributed by atoms with Gasteiger partial charge in [0.2, 0.25) is 0 Å². The van der Waals surface area contributed by atoms with Crippen LogP contribution in [0, 0.1) is 0 Å². The smallest absolute Gasteiger partial charge is 0.324 e. The Morgan fingerprint density at radius 2 is 2.07 bits per heavy atom. The first-order valence-electron chi connectivity index (χ1n) is 4.89. The summed E-state index contributed by atoms with van der Waals surface area (Å²) in [5.74, 6) is -0.565. The number of unbranched alkanes of at least 4 members (excludes halogenated alkanes) is 2. The third-order valence-corrected chi connectivity index (χ3v) is 2.88. The van der Waals surface area contributed by atoms with Crippen molar-refractivity contribution >= 4 is 17.0 Å². The summed E-state index contributed by atoms with van der Waals surface area (Å²) in [5.41, 5.74) is 0. The first-order chi connectivity index (χ1) is 6.63. The third-order valence-electron chi connectivity index (χ3n) is 1.87. The van der Waals surface area contributed by atoms with Crippen LogP contribution in [0.15, 0.2) is 0 Å². The van der Waals surface area contributed by atoms with Crippen LogP contribution in [-0.2, 0) is 20.6 Å². The molecule has 0 rings (SSSR count). The lowest BCUT2D eigenvalue weighted by Gasteiger charge is -2.09. The molecule has 0 aliphatic carbocycles. The van der Waals surface area contributed by atoms with Gasteiger partial charge in [-0.25, -0.2) is 4.21 Å².